The van der Waals surface area contributed by atoms with Gasteiger partial charge in [-0.15, -0.1) is 0 Å². The lowest BCUT2D eigenvalue weighted by Gasteiger charge is -2.14. The highest BCUT2D eigenvalue weighted by Gasteiger charge is 2.39. The van der Waals surface area contributed by atoms with Gasteiger partial charge in [0.2, 0.25) is 0 Å². The second-order valence-corrected chi connectivity index (χ2v) is 7.70. The lowest BCUT2D eigenvalue weighted by Crippen LogP contribution is -2.32. The minimum absolute atomic E-state index is 0.228. The van der Waals surface area contributed by atoms with E-state index in [4.69, 9.17) is 4.84 Å². The van der Waals surface area contributed by atoms with Crippen LogP contribution >= 0.6 is 0 Å². The number of amides is 2. The van der Waals surface area contributed by atoms with Crippen LogP contribution in [0.3, 0.4) is 0 Å². The SMILES string of the molecule is Cc1cc(C(=O)ON2C(=O)c3ccccc3C2=O)c(C)n1-c1cccc(C(C)C)c1. The van der Waals surface area contributed by atoms with Crippen molar-refractivity contribution >= 4 is 17.8 Å². The molecule has 1 aliphatic rings. The van der Waals surface area contributed by atoms with Crippen LogP contribution in [0, 0.1) is 13.8 Å². The first-order valence-electron chi connectivity index (χ1n) is 9.79. The molecule has 4 rings (SSSR count). The normalized spacial score (nSPS) is 13.2. The molecule has 30 heavy (non-hydrogen) atoms. The number of hydrogen-bond donors (Lipinski definition) is 0. The monoisotopic (exact) mass is 402 g/mol. The Bertz CT molecular complexity index is 1150. The number of nitrogens with zero attached hydrogens (tertiary/aromatic N) is 2. The molecule has 0 radical (unpaired) electrons. The molecular formula is C24H22N2O4. The van der Waals surface area contributed by atoms with Gasteiger partial charge in [0.05, 0.1) is 16.7 Å². The molecule has 0 spiro atoms. The van der Waals surface area contributed by atoms with Gasteiger partial charge in [-0.3, -0.25) is 9.59 Å². The third kappa shape index (κ3) is 3.10. The van der Waals surface area contributed by atoms with Gasteiger partial charge in [0.1, 0.15) is 0 Å². The Morgan fingerprint density at radius 1 is 0.900 bits per heavy atom. The maximum Gasteiger partial charge on any atom is 0.365 e. The molecule has 6 nitrogen and oxygen atoms in total. The van der Waals surface area contributed by atoms with E-state index in [1.807, 2.05) is 30.5 Å². The van der Waals surface area contributed by atoms with Crippen molar-refractivity contribution in [1.82, 2.24) is 9.63 Å². The Kier molecular flexibility index (Phi) is 4.78. The molecule has 1 aromatic heterocycles. The van der Waals surface area contributed by atoms with Crippen LogP contribution in [0.15, 0.2) is 54.6 Å². The lowest BCUT2D eigenvalue weighted by molar-refractivity contribution is -0.0585. The van der Waals surface area contributed by atoms with Crippen molar-refractivity contribution in [3.05, 3.63) is 88.2 Å². The third-order valence-electron chi connectivity index (χ3n) is 5.38. The number of benzene rings is 2. The minimum atomic E-state index is -0.746. The van der Waals surface area contributed by atoms with Crippen molar-refractivity contribution in [3.8, 4) is 5.69 Å². The Morgan fingerprint density at radius 2 is 1.53 bits per heavy atom. The number of hydrogen-bond acceptors (Lipinski definition) is 4. The summed E-state index contributed by atoms with van der Waals surface area (Å²) in [6, 6.07) is 16.2. The predicted molar refractivity (Wildman–Crippen MR) is 112 cm³/mol. The smallest absolute Gasteiger partial charge is 0.324 e. The second kappa shape index (κ2) is 7.30. The summed E-state index contributed by atoms with van der Waals surface area (Å²) in [5.74, 6) is -1.65. The zero-order chi connectivity index (χ0) is 21.6. The van der Waals surface area contributed by atoms with Crippen LogP contribution in [0.4, 0.5) is 0 Å². The van der Waals surface area contributed by atoms with E-state index in [9.17, 15) is 14.4 Å². The van der Waals surface area contributed by atoms with E-state index in [-0.39, 0.29) is 11.1 Å². The maximum absolute atomic E-state index is 12.9. The predicted octanol–water partition coefficient (Wildman–Crippen LogP) is 4.59. The van der Waals surface area contributed by atoms with E-state index in [1.54, 1.807) is 18.2 Å². The van der Waals surface area contributed by atoms with Crippen LogP contribution in [0.25, 0.3) is 5.69 Å². The van der Waals surface area contributed by atoms with Gasteiger partial charge in [0, 0.05) is 17.1 Å². The zero-order valence-corrected chi connectivity index (χ0v) is 17.3. The summed E-state index contributed by atoms with van der Waals surface area (Å²) in [4.78, 5) is 43.0. The van der Waals surface area contributed by atoms with Gasteiger partial charge >= 0.3 is 5.97 Å². The first-order valence-corrected chi connectivity index (χ1v) is 9.79. The van der Waals surface area contributed by atoms with Crippen LogP contribution in [-0.4, -0.2) is 27.4 Å². The lowest BCUT2D eigenvalue weighted by atomic mass is 10.0. The molecule has 3 aromatic rings. The number of carbonyl (C=O) groups is 3. The Morgan fingerprint density at radius 3 is 2.13 bits per heavy atom. The van der Waals surface area contributed by atoms with E-state index in [0.717, 1.165) is 11.4 Å². The third-order valence-corrected chi connectivity index (χ3v) is 5.38. The number of rotatable bonds is 4. The molecule has 2 aromatic carbocycles. The van der Waals surface area contributed by atoms with Gasteiger partial charge < -0.3 is 9.40 Å². The molecule has 0 N–H and O–H groups in total. The van der Waals surface area contributed by atoms with Crippen LogP contribution in [0.2, 0.25) is 0 Å². The highest BCUT2D eigenvalue weighted by atomic mass is 16.7. The first kappa shape index (κ1) is 19.6. The number of imide groups is 1. The molecule has 0 fully saturated rings. The molecule has 1 aliphatic heterocycles. The molecule has 2 amide bonds. The van der Waals surface area contributed by atoms with Crippen molar-refractivity contribution in [2.45, 2.75) is 33.6 Å². The highest BCUT2D eigenvalue weighted by molar-refractivity contribution is 6.21. The van der Waals surface area contributed by atoms with Gasteiger partial charge in [-0.25, -0.2) is 4.79 Å². The van der Waals surface area contributed by atoms with Gasteiger partial charge in [-0.2, -0.15) is 0 Å². The largest absolute Gasteiger partial charge is 0.365 e. The topological polar surface area (TPSA) is 68.6 Å². The number of carbonyl (C=O) groups excluding carboxylic acids is 3. The molecule has 0 bridgehead atoms. The second-order valence-electron chi connectivity index (χ2n) is 7.70. The summed E-state index contributed by atoms with van der Waals surface area (Å²) >= 11 is 0. The molecule has 0 aliphatic carbocycles. The van der Waals surface area contributed by atoms with E-state index < -0.39 is 17.8 Å². The molecule has 152 valence electrons. The van der Waals surface area contributed by atoms with Gasteiger partial charge in [0.15, 0.2) is 0 Å². The number of fused-ring (bicyclic) bond motifs is 1. The standard InChI is InChI=1S/C24H22N2O4/c1-14(2)17-8-7-9-18(13-17)25-15(3)12-21(16(25)4)24(29)30-26-22(27)19-10-5-6-11-20(19)23(26)28/h5-14H,1-4H3. The first-order chi connectivity index (χ1) is 14.3. The molecule has 0 unspecified atom stereocenters. The van der Waals surface area contributed by atoms with E-state index >= 15 is 0 Å². The Hall–Kier alpha value is -3.67. The van der Waals surface area contributed by atoms with Crippen molar-refractivity contribution in [1.29, 1.82) is 0 Å². The fourth-order valence-electron chi connectivity index (χ4n) is 3.77. The number of hydroxylamine groups is 2. The van der Waals surface area contributed by atoms with Crippen LogP contribution in [-0.2, 0) is 4.84 Å². The highest BCUT2D eigenvalue weighted by Crippen LogP contribution is 2.27. The summed E-state index contributed by atoms with van der Waals surface area (Å²) in [5.41, 5.74) is 4.42. The summed E-state index contributed by atoms with van der Waals surface area (Å²) in [7, 11) is 0. The Balaban J connectivity index is 1.64. The zero-order valence-electron chi connectivity index (χ0n) is 17.3. The van der Waals surface area contributed by atoms with Crippen LogP contribution < -0.4 is 0 Å². The van der Waals surface area contributed by atoms with Crippen LogP contribution in [0.1, 0.15) is 67.8 Å². The van der Waals surface area contributed by atoms with Gasteiger partial charge in [-0.1, -0.05) is 43.2 Å². The summed E-state index contributed by atoms with van der Waals surface area (Å²) in [6.07, 6.45) is 0. The van der Waals surface area contributed by atoms with Gasteiger partial charge in [0.25, 0.3) is 11.8 Å². The minimum Gasteiger partial charge on any atom is -0.324 e. The number of aromatic nitrogens is 1. The van der Waals surface area contributed by atoms with E-state index in [0.29, 0.717) is 22.2 Å². The van der Waals surface area contributed by atoms with Crippen molar-refractivity contribution in [2.24, 2.45) is 0 Å². The van der Waals surface area contributed by atoms with Crippen molar-refractivity contribution in [3.63, 3.8) is 0 Å². The maximum atomic E-state index is 12.9. The summed E-state index contributed by atoms with van der Waals surface area (Å²) in [6.45, 7) is 7.96. The average Bonchev–Trinajstić information content (AvgIpc) is 3.16. The fraction of sp³-hybridized carbons (Fsp3) is 0.208. The molecule has 2 heterocycles. The van der Waals surface area contributed by atoms with E-state index in [1.165, 1.54) is 17.7 Å². The Labute approximate surface area is 174 Å². The fourth-order valence-corrected chi connectivity index (χ4v) is 3.77. The quantitative estimate of drug-likeness (QED) is 0.599. The molecular weight excluding hydrogens is 380 g/mol. The average molecular weight is 402 g/mol. The van der Waals surface area contributed by atoms with E-state index in [2.05, 4.69) is 26.0 Å². The van der Waals surface area contributed by atoms with Crippen LogP contribution in [0.5, 0.6) is 0 Å². The van der Waals surface area contributed by atoms with Gasteiger partial charge in [-0.05, 0) is 55.7 Å². The molecule has 0 saturated carbocycles. The van der Waals surface area contributed by atoms with Crippen molar-refractivity contribution in [2.75, 3.05) is 0 Å². The summed E-state index contributed by atoms with van der Waals surface area (Å²) in [5, 5.41) is 0.540. The van der Waals surface area contributed by atoms with Crippen molar-refractivity contribution < 1.29 is 19.2 Å². The molecule has 0 saturated heterocycles. The molecule has 0 atom stereocenters. The number of aryl methyl sites for hydroxylation is 1. The molecule has 6 heteroatoms. The summed E-state index contributed by atoms with van der Waals surface area (Å²) < 4.78 is 1.96.